The van der Waals surface area contributed by atoms with Gasteiger partial charge in [0.1, 0.15) is 11.4 Å². The topological polar surface area (TPSA) is 52.3 Å². The second-order valence-corrected chi connectivity index (χ2v) is 4.12. The van der Waals surface area contributed by atoms with E-state index in [1.54, 1.807) is 6.07 Å². The second-order valence-electron chi connectivity index (χ2n) is 4.12. The Morgan fingerprint density at radius 1 is 1.56 bits per heavy atom. The Balaban J connectivity index is 2.54. The van der Waals surface area contributed by atoms with Crippen molar-refractivity contribution in [1.82, 2.24) is 0 Å². The van der Waals surface area contributed by atoms with Gasteiger partial charge < -0.3 is 10.5 Å². The molecule has 1 aliphatic carbocycles. The summed E-state index contributed by atoms with van der Waals surface area (Å²) in [4.78, 5) is 11.7. The summed E-state index contributed by atoms with van der Waals surface area (Å²) in [6.45, 7) is 0. The van der Waals surface area contributed by atoms with Crippen molar-refractivity contribution in [2.75, 3.05) is 7.11 Å². The van der Waals surface area contributed by atoms with Gasteiger partial charge in [-0.25, -0.2) is 9.18 Å². The van der Waals surface area contributed by atoms with E-state index in [1.165, 1.54) is 19.2 Å². The summed E-state index contributed by atoms with van der Waals surface area (Å²) < 4.78 is 17.9. The first-order valence-corrected chi connectivity index (χ1v) is 5.24. The maximum absolute atomic E-state index is 13.2. The minimum absolute atomic E-state index is 0.376. The lowest BCUT2D eigenvalue weighted by molar-refractivity contribution is -0.148. The molecular formula is C12H14FNO2. The normalized spacial score (nSPS) is 23.7. The van der Waals surface area contributed by atoms with E-state index < -0.39 is 11.5 Å². The van der Waals surface area contributed by atoms with Crippen LogP contribution in [0.25, 0.3) is 0 Å². The third kappa shape index (κ3) is 1.59. The zero-order valence-corrected chi connectivity index (χ0v) is 9.13. The van der Waals surface area contributed by atoms with E-state index in [4.69, 9.17) is 10.5 Å². The van der Waals surface area contributed by atoms with Crippen molar-refractivity contribution in [2.24, 2.45) is 5.73 Å². The second kappa shape index (κ2) is 3.87. The SMILES string of the molecule is COC(=O)C1(N)CCCc2ccc(F)cc21. The highest BCUT2D eigenvalue weighted by Crippen LogP contribution is 2.34. The molecule has 0 bridgehead atoms. The molecule has 1 unspecified atom stereocenters. The first-order valence-electron chi connectivity index (χ1n) is 5.24. The molecule has 1 atom stereocenters. The van der Waals surface area contributed by atoms with Crippen LogP contribution in [-0.4, -0.2) is 13.1 Å². The van der Waals surface area contributed by atoms with Gasteiger partial charge in [0.2, 0.25) is 0 Å². The van der Waals surface area contributed by atoms with Crippen LogP contribution in [-0.2, 0) is 21.5 Å². The van der Waals surface area contributed by atoms with Gasteiger partial charge >= 0.3 is 5.97 Å². The molecule has 3 nitrogen and oxygen atoms in total. The van der Waals surface area contributed by atoms with Gasteiger partial charge in [0, 0.05) is 0 Å². The monoisotopic (exact) mass is 223 g/mol. The highest BCUT2D eigenvalue weighted by atomic mass is 19.1. The fourth-order valence-corrected chi connectivity index (χ4v) is 2.27. The Bertz CT molecular complexity index is 433. The summed E-state index contributed by atoms with van der Waals surface area (Å²) in [5.74, 6) is -0.876. The van der Waals surface area contributed by atoms with E-state index in [2.05, 4.69) is 0 Å². The van der Waals surface area contributed by atoms with Crippen LogP contribution in [0.1, 0.15) is 24.0 Å². The smallest absolute Gasteiger partial charge is 0.330 e. The molecule has 0 spiro atoms. The van der Waals surface area contributed by atoms with Gasteiger partial charge in [0.25, 0.3) is 0 Å². The largest absolute Gasteiger partial charge is 0.467 e. The molecule has 0 aliphatic heterocycles. The average molecular weight is 223 g/mol. The Labute approximate surface area is 93.4 Å². The third-order valence-corrected chi connectivity index (χ3v) is 3.12. The number of carbonyl (C=O) groups excluding carboxylic acids is 1. The van der Waals surface area contributed by atoms with Crippen LogP contribution >= 0.6 is 0 Å². The van der Waals surface area contributed by atoms with Gasteiger partial charge in [0.15, 0.2) is 0 Å². The quantitative estimate of drug-likeness (QED) is 0.734. The molecule has 4 heteroatoms. The Hall–Kier alpha value is -1.42. The van der Waals surface area contributed by atoms with Crippen LogP contribution in [0.3, 0.4) is 0 Å². The number of halogens is 1. The van der Waals surface area contributed by atoms with Gasteiger partial charge in [-0.15, -0.1) is 0 Å². The van der Waals surface area contributed by atoms with E-state index >= 15 is 0 Å². The lowest BCUT2D eigenvalue weighted by Crippen LogP contribution is -2.48. The van der Waals surface area contributed by atoms with Crippen molar-refractivity contribution in [2.45, 2.75) is 24.8 Å². The summed E-state index contributed by atoms with van der Waals surface area (Å²) in [5.41, 5.74) is 6.35. The lowest BCUT2D eigenvalue weighted by atomic mass is 9.77. The Morgan fingerprint density at radius 2 is 2.31 bits per heavy atom. The predicted octanol–water partition coefficient (Wildman–Crippen LogP) is 1.49. The first kappa shape index (κ1) is 11.1. The highest BCUT2D eigenvalue weighted by molar-refractivity contribution is 5.83. The molecule has 0 fully saturated rings. The predicted molar refractivity (Wildman–Crippen MR) is 57.2 cm³/mol. The lowest BCUT2D eigenvalue weighted by Gasteiger charge is -2.32. The molecule has 1 aliphatic rings. The number of rotatable bonds is 1. The van der Waals surface area contributed by atoms with Gasteiger partial charge in [-0.2, -0.15) is 0 Å². The average Bonchev–Trinajstić information content (AvgIpc) is 2.29. The summed E-state index contributed by atoms with van der Waals surface area (Å²) >= 11 is 0. The zero-order valence-electron chi connectivity index (χ0n) is 9.13. The zero-order chi connectivity index (χ0) is 11.8. The summed E-state index contributed by atoms with van der Waals surface area (Å²) in [7, 11) is 1.30. The van der Waals surface area contributed by atoms with Gasteiger partial charge in [0.05, 0.1) is 7.11 Å². The molecule has 1 aromatic carbocycles. The molecule has 0 aromatic heterocycles. The van der Waals surface area contributed by atoms with Gasteiger partial charge in [-0.05, 0) is 42.5 Å². The maximum atomic E-state index is 13.2. The summed E-state index contributed by atoms with van der Waals surface area (Å²) in [6.07, 6.45) is 2.13. The Kier molecular flexibility index (Phi) is 2.68. The van der Waals surface area contributed by atoms with Gasteiger partial charge in [-0.3, -0.25) is 0 Å². The number of hydrogen-bond acceptors (Lipinski definition) is 3. The van der Waals surface area contributed by atoms with Crippen molar-refractivity contribution < 1.29 is 13.9 Å². The molecule has 0 heterocycles. The van der Waals surface area contributed by atoms with E-state index in [0.717, 1.165) is 18.4 Å². The number of carbonyl (C=O) groups is 1. The fourth-order valence-electron chi connectivity index (χ4n) is 2.27. The van der Waals surface area contributed by atoms with E-state index in [9.17, 15) is 9.18 Å². The van der Waals surface area contributed by atoms with Crippen LogP contribution in [0.15, 0.2) is 18.2 Å². The number of hydrogen-bond donors (Lipinski definition) is 1. The minimum atomic E-state index is -1.19. The molecule has 0 saturated heterocycles. The van der Waals surface area contributed by atoms with E-state index in [0.29, 0.717) is 12.0 Å². The molecule has 2 N–H and O–H groups in total. The number of aryl methyl sites for hydroxylation is 1. The highest BCUT2D eigenvalue weighted by Gasteiger charge is 2.40. The fraction of sp³-hybridized carbons (Fsp3) is 0.417. The van der Waals surface area contributed by atoms with Crippen molar-refractivity contribution in [3.05, 3.63) is 35.1 Å². The standard InChI is InChI=1S/C12H14FNO2/c1-16-11(15)12(14)6-2-3-8-4-5-9(13)7-10(8)12/h4-5,7H,2-3,6,14H2,1H3. The third-order valence-electron chi connectivity index (χ3n) is 3.12. The number of fused-ring (bicyclic) bond motifs is 1. The van der Waals surface area contributed by atoms with Crippen LogP contribution in [0.5, 0.6) is 0 Å². The number of nitrogens with two attached hydrogens (primary N) is 1. The molecular weight excluding hydrogens is 209 g/mol. The molecule has 1 aromatic rings. The number of methoxy groups -OCH3 is 1. The molecule has 2 rings (SSSR count). The van der Waals surface area contributed by atoms with E-state index in [-0.39, 0.29) is 5.82 Å². The minimum Gasteiger partial charge on any atom is -0.467 e. The van der Waals surface area contributed by atoms with Crippen LogP contribution in [0.4, 0.5) is 4.39 Å². The molecule has 86 valence electrons. The van der Waals surface area contributed by atoms with Crippen LogP contribution < -0.4 is 5.73 Å². The number of esters is 1. The first-order chi connectivity index (χ1) is 7.58. The molecule has 0 radical (unpaired) electrons. The van der Waals surface area contributed by atoms with E-state index in [1.807, 2.05) is 0 Å². The van der Waals surface area contributed by atoms with Gasteiger partial charge in [-0.1, -0.05) is 6.07 Å². The van der Waals surface area contributed by atoms with Crippen molar-refractivity contribution >= 4 is 5.97 Å². The van der Waals surface area contributed by atoms with Crippen molar-refractivity contribution in [3.63, 3.8) is 0 Å². The number of ether oxygens (including phenoxy) is 1. The number of benzene rings is 1. The van der Waals surface area contributed by atoms with Crippen LogP contribution in [0, 0.1) is 5.82 Å². The van der Waals surface area contributed by atoms with Crippen LogP contribution in [0.2, 0.25) is 0 Å². The summed E-state index contributed by atoms with van der Waals surface area (Å²) in [6, 6.07) is 4.42. The Morgan fingerprint density at radius 3 is 3.00 bits per heavy atom. The molecule has 0 amide bonds. The van der Waals surface area contributed by atoms with Crippen molar-refractivity contribution in [1.29, 1.82) is 0 Å². The maximum Gasteiger partial charge on any atom is 0.330 e. The molecule has 16 heavy (non-hydrogen) atoms. The molecule has 0 saturated carbocycles. The van der Waals surface area contributed by atoms with Crippen molar-refractivity contribution in [3.8, 4) is 0 Å². The summed E-state index contributed by atoms with van der Waals surface area (Å²) in [5, 5.41) is 0.